The maximum atomic E-state index is 14.0. The van der Waals surface area contributed by atoms with Crippen molar-refractivity contribution in [3.8, 4) is 11.5 Å². The Morgan fingerprint density at radius 3 is 1.51 bits per heavy atom. The van der Waals surface area contributed by atoms with Crippen LogP contribution in [0.15, 0.2) is 147 Å². The first-order chi connectivity index (χ1) is 28.2. The normalized spacial score (nSPS) is 14.1. The number of hydrogen-bond donors (Lipinski definition) is 0. The van der Waals surface area contributed by atoms with E-state index in [4.69, 9.17) is 9.47 Å². The van der Waals surface area contributed by atoms with Gasteiger partial charge in [0, 0.05) is 10.8 Å². The Morgan fingerprint density at radius 2 is 1.00 bits per heavy atom. The monoisotopic (exact) mass is 819 g/mol. The van der Waals surface area contributed by atoms with Crippen LogP contribution in [0.25, 0.3) is 10.8 Å². The second kappa shape index (κ2) is 26.0. The lowest BCUT2D eigenvalue weighted by molar-refractivity contribution is 0.406. The maximum absolute atomic E-state index is 14.0. The Labute approximate surface area is 359 Å². The van der Waals surface area contributed by atoms with Crippen molar-refractivity contribution in [3.63, 3.8) is 0 Å². The van der Waals surface area contributed by atoms with Crippen molar-refractivity contribution in [3.05, 3.63) is 148 Å². The van der Waals surface area contributed by atoms with E-state index >= 15 is 0 Å². The van der Waals surface area contributed by atoms with Crippen molar-refractivity contribution in [2.75, 3.05) is 14.2 Å². The molecule has 0 radical (unpaired) electrons. The SMILES string of the molecule is COc1cc(CC/C=C(\C)CC/C=C(\C)CC(/C=C(\C)CC/C=C(\C)CC/C=C(\C)CC/C=C(\C)CCC=C(C)C)S(=O)(=O)c2ccccc2)c(OC)c2ccccc12. The van der Waals surface area contributed by atoms with Crippen molar-refractivity contribution >= 4 is 20.6 Å². The molecule has 0 aliphatic rings. The van der Waals surface area contributed by atoms with Crippen LogP contribution in [0.4, 0.5) is 0 Å². The smallest absolute Gasteiger partial charge is 0.185 e. The van der Waals surface area contributed by atoms with Gasteiger partial charge >= 0.3 is 0 Å². The molecule has 0 fully saturated rings. The third kappa shape index (κ3) is 17.4. The van der Waals surface area contributed by atoms with Crippen LogP contribution in [0.3, 0.4) is 0 Å². The minimum absolute atomic E-state index is 0.381. The molecule has 0 saturated heterocycles. The summed E-state index contributed by atoms with van der Waals surface area (Å²) in [6, 6.07) is 19.2. The zero-order valence-electron chi connectivity index (χ0n) is 38.1. The van der Waals surface area contributed by atoms with Crippen LogP contribution in [0, 0.1) is 0 Å². The summed E-state index contributed by atoms with van der Waals surface area (Å²) in [5.74, 6) is 1.77. The van der Waals surface area contributed by atoms with Gasteiger partial charge in [-0.1, -0.05) is 124 Å². The molecule has 1 unspecified atom stereocenters. The van der Waals surface area contributed by atoms with Crippen LogP contribution in [0.5, 0.6) is 11.5 Å². The number of fused-ring (bicyclic) bond motifs is 1. The highest BCUT2D eigenvalue weighted by Gasteiger charge is 2.26. The zero-order valence-corrected chi connectivity index (χ0v) is 38.9. The van der Waals surface area contributed by atoms with E-state index in [1.807, 2.05) is 24.3 Å². The maximum Gasteiger partial charge on any atom is 0.185 e. The predicted octanol–water partition coefficient (Wildman–Crippen LogP) is 15.6. The highest BCUT2D eigenvalue weighted by molar-refractivity contribution is 7.92. The number of methoxy groups -OCH3 is 2. The highest BCUT2D eigenvalue weighted by Crippen LogP contribution is 2.37. The Balaban J connectivity index is 1.57. The molecule has 0 saturated carbocycles. The van der Waals surface area contributed by atoms with E-state index in [1.165, 1.54) is 27.9 Å². The standard InChI is InChI=1S/C54H74O4S/c1-41(2)22-16-23-42(3)24-17-25-43(4)26-18-27-44(5)28-19-31-46(7)38-50(59(55,56)49-34-12-11-13-35-49)39-47(8)32-20-29-45(6)30-21-33-48-40-53(57-9)51-36-14-15-37-52(51)54(48)58-10/h11-15,22,24,26,28,30,32,34-38,40,50H,16-21,23,25,27,29,31,33,39H2,1-10H3/b42-24+,43-26+,44-28+,45-30+,46-38+,47-32+. The fourth-order valence-corrected chi connectivity index (χ4v) is 9.25. The number of sulfone groups is 1. The summed E-state index contributed by atoms with van der Waals surface area (Å²) in [5, 5.41) is 1.51. The minimum Gasteiger partial charge on any atom is -0.496 e. The Kier molecular flexibility index (Phi) is 21.6. The van der Waals surface area contributed by atoms with Crippen molar-refractivity contribution in [1.82, 2.24) is 0 Å². The molecule has 4 nitrogen and oxygen atoms in total. The van der Waals surface area contributed by atoms with Gasteiger partial charge < -0.3 is 9.47 Å². The van der Waals surface area contributed by atoms with Gasteiger partial charge in [-0.05, 0) is 163 Å². The van der Waals surface area contributed by atoms with Gasteiger partial charge in [0.25, 0.3) is 0 Å². The van der Waals surface area contributed by atoms with Gasteiger partial charge in [-0.15, -0.1) is 0 Å². The Hall–Kier alpha value is -4.35. The summed E-state index contributed by atoms with van der Waals surface area (Å²) in [6.45, 7) is 17.4. The fourth-order valence-electron chi connectivity index (χ4n) is 7.47. The molecule has 1 atom stereocenters. The van der Waals surface area contributed by atoms with Crippen LogP contribution in [-0.4, -0.2) is 27.9 Å². The molecule has 3 aromatic rings. The molecule has 0 heterocycles. The topological polar surface area (TPSA) is 52.6 Å². The zero-order chi connectivity index (χ0) is 43.2. The van der Waals surface area contributed by atoms with Gasteiger partial charge in [0.1, 0.15) is 11.5 Å². The molecule has 0 aromatic heterocycles. The van der Waals surface area contributed by atoms with E-state index in [0.29, 0.717) is 11.3 Å². The van der Waals surface area contributed by atoms with E-state index < -0.39 is 15.1 Å². The molecule has 3 aromatic carbocycles. The average molecular weight is 819 g/mol. The van der Waals surface area contributed by atoms with Gasteiger partial charge in [0.2, 0.25) is 0 Å². The Morgan fingerprint density at radius 1 is 0.542 bits per heavy atom. The molecule has 3 rings (SSSR count). The third-order valence-corrected chi connectivity index (χ3v) is 13.1. The molecular formula is C54H74O4S. The first-order valence-corrected chi connectivity index (χ1v) is 23.3. The van der Waals surface area contributed by atoms with E-state index in [-0.39, 0.29) is 0 Å². The van der Waals surface area contributed by atoms with E-state index in [0.717, 1.165) is 116 Å². The number of aryl methyl sites for hydroxylation is 1. The van der Waals surface area contributed by atoms with Crippen molar-refractivity contribution in [2.24, 2.45) is 0 Å². The van der Waals surface area contributed by atoms with Gasteiger partial charge in [0.05, 0.1) is 24.4 Å². The summed E-state index contributed by atoms with van der Waals surface area (Å²) in [4.78, 5) is 0.381. The van der Waals surface area contributed by atoms with Gasteiger partial charge in [-0.2, -0.15) is 0 Å². The number of hydrogen-bond acceptors (Lipinski definition) is 4. The molecule has 0 amide bonds. The van der Waals surface area contributed by atoms with Crippen molar-refractivity contribution in [2.45, 2.75) is 149 Å². The number of allylic oxidation sites excluding steroid dienone is 13. The summed E-state index contributed by atoms with van der Waals surface area (Å²) in [7, 11) is -0.104. The quantitative estimate of drug-likeness (QED) is 0.0799. The number of rotatable bonds is 25. The van der Waals surface area contributed by atoms with E-state index in [1.54, 1.807) is 38.5 Å². The molecule has 59 heavy (non-hydrogen) atoms. The summed E-state index contributed by atoms with van der Waals surface area (Å²) in [5.41, 5.74) is 10.4. The molecular weight excluding hydrogens is 745 g/mol. The van der Waals surface area contributed by atoms with Crippen molar-refractivity contribution < 1.29 is 17.9 Å². The average Bonchev–Trinajstić information content (AvgIpc) is 3.20. The fraction of sp³-hybridized carbons (Fsp3) is 0.444. The molecule has 0 spiro atoms. The first kappa shape index (κ1) is 49.0. The summed E-state index contributed by atoms with van der Waals surface area (Å²) in [6.07, 6.45) is 28.4. The van der Waals surface area contributed by atoms with Crippen LogP contribution in [0.2, 0.25) is 0 Å². The van der Waals surface area contributed by atoms with Crippen LogP contribution in [0.1, 0.15) is 138 Å². The lowest BCUT2D eigenvalue weighted by Gasteiger charge is -2.17. The van der Waals surface area contributed by atoms with E-state index in [9.17, 15) is 8.42 Å². The largest absolute Gasteiger partial charge is 0.496 e. The summed E-state index contributed by atoms with van der Waals surface area (Å²) >= 11 is 0. The predicted molar refractivity (Wildman–Crippen MR) is 256 cm³/mol. The number of ether oxygens (including phenoxy) is 2. The number of benzene rings is 3. The molecule has 5 heteroatoms. The molecule has 0 aliphatic carbocycles. The van der Waals surface area contributed by atoms with Gasteiger partial charge in [-0.3, -0.25) is 0 Å². The second-order valence-corrected chi connectivity index (χ2v) is 18.9. The lowest BCUT2D eigenvalue weighted by atomic mass is 9.99. The second-order valence-electron chi connectivity index (χ2n) is 16.7. The van der Waals surface area contributed by atoms with Crippen molar-refractivity contribution in [1.29, 1.82) is 0 Å². The van der Waals surface area contributed by atoms with Crippen LogP contribution < -0.4 is 9.47 Å². The van der Waals surface area contributed by atoms with Gasteiger partial charge in [-0.25, -0.2) is 8.42 Å². The Bertz CT molecular complexity index is 2100. The molecule has 0 aliphatic heterocycles. The molecule has 320 valence electrons. The third-order valence-electron chi connectivity index (χ3n) is 11.0. The molecule has 0 N–H and O–H groups in total. The lowest BCUT2D eigenvalue weighted by Crippen LogP contribution is -2.20. The van der Waals surface area contributed by atoms with Gasteiger partial charge in [0.15, 0.2) is 9.84 Å². The highest BCUT2D eigenvalue weighted by atomic mass is 32.2. The van der Waals surface area contributed by atoms with E-state index in [2.05, 4.69) is 110 Å². The summed E-state index contributed by atoms with van der Waals surface area (Å²) < 4.78 is 39.5. The molecule has 0 bridgehead atoms. The first-order valence-electron chi connectivity index (χ1n) is 21.7. The van der Waals surface area contributed by atoms with Crippen LogP contribution in [-0.2, 0) is 16.3 Å². The minimum atomic E-state index is -3.55. The van der Waals surface area contributed by atoms with Crippen LogP contribution >= 0.6 is 0 Å².